The maximum absolute atomic E-state index is 6.06. The van der Waals surface area contributed by atoms with Gasteiger partial charge >= 0.3 is 0 Å². The van der Waals surface area contributed by atoms with Gasteiger partial charge in [0.2, 0.25) is 0 Å². The summed E-state index contributed by atoms with van der Waals surface area (Å²) in [6.07, 6.45) is 4.25. The second-order valence-electron chi connectivity index (χ2n) is 6.74. The van der Waals surface area contributed by atoms with Crippen molar-refractivity contribution in [2.24, 2.45) is 20.0 Å². The van der Waals surface area contributed by atoms with E-state index >= 15 is 0 Å². The van der Waals surface area contributed by atoms with E-state index in [-0.39, 0.29) is 6.10 Å². The SMILES string of the molecule is Cn1nccc1[C@@H]1OCCC[C@H]1CNCc1ccc2c(c1)nnn2C. The average Bonchev–Trinajstić information content (AvgIpc) is 3.21. The van der Waals surface area contributed by atoms with Crippen LogP contribution in [-0.2, 0) is 25.4 Å². The van der Waals surface area contributed by atoms with E-state index in [1.807, 2.05) is 25.0 Å². The summed E-state index contributed by atoms with van der Waals surface area (Å²) in [5, 5.41) is 16.1. The minimum atomic E-state index is 0.122. The zero-order valence-electron chi connectivity index (χ0n) is 14.7. The summed E-state index contributed by atoms with van der Waals surface area (Å²) in [4.78, 5) is 0. The Hall–Kier alpha value is -2.25. The predicted molar refractivity (Wildman–Crippen MR) is 94.8 cm³/mol. The molecule has 1 aliphatic heterocycles. The van der Waals surface area contributed by atoms with Gasteiger partial charge in [0.15, 0.2) is 0 Å². The third kappa shape index (κ3) is 3.29. The van der Waals surface area contributed by atoms with E-state index < -0.39 is 0 Å². The van der Waals surface area contributed by atoms with E-state index in [4.69, 9.17) is 4.74 Å². The zero-order chi connectivity index (χ0) is 17.2. The van der Waals surface area contributed by atoms with Crippen molar-refractivity contribution < 1.29 is 4.74 Å². The summed E-state index contributed by atoms with van der Waals surface area (Å²) in [6.45, 7) is 2.57. The molecule has 25 heavy (non-hydrogen) atoms. The van der Waals surface area contributed by atoms with Crippen LogP contribution in [0.2, 0.25) is 0 Å². The molecule has 3 heterocycles. The maximum atomic E-state index is 6.06. The second-order valence-corrected chi connectivity index (χ2v) is 6.74. The number of rotatable bonds is 5. The molecular formula is C18H24N6O. The maximum Gasteiger partial charge on any atom is 0.113 e. The van der Waals surface area contributed by atoms with Crippen molar-refractivity contribution >= 4 is 11.0 Å². The van der Waals surface area contributed by atoms with Crippen LogP contribution in [0.15, 0.2) is 30.5 Å². The molecule has 0 radical (unpaired) electrons. The Morgan fingerprint density at radius 3 is 3.00 bits per heavy atom. The van der Waals surface area contributed by atoms with Crippen LogP contribution in [0.5, 0.6) is 0 Å². The van der Waals surface area contributed by atoms with E-state index in [9.17, 15) is 0 Å². The first kappa shape index (κ1) is 16.2. The molecule has 2 aromatic heterocycles. The number of fused-ring (bicyclic) bond motifs is 1. The van der Waals surface area contributed by atoms with E-state index in [0.29, 0.717) is 5.92 Å². The van der Waals surface area contributed by atoms with Crippen molar-refractivity contribution in [1.29, 1.82) is 0 Å². The zero-order valence-corrected chi connectivity index (χ0v) is 14.7. The molecule has 4 rings (SSSR count). The number of hydrogen-bond acceptors (Lipinski definition) is 5. The van der Waals surface area contributed by atoms with Crippen LogP contribution in [0.1, 0.15) is 30.2 Å². The highest BCUT2D eigenvalue weighted by molar-refractivity contribution is 5.74. The quantitative estimate of drug-likeness (QED) is 0.769. The fourth-order valence-corrected chi connectivity index (χ4v) is 3.64. The second kappa shape index (κ2) is 6.93. The fourth-order valence-electron chi connectivity index (χ4n) is 3.64. The van der Waals surface area contributed by atoms with Crippen molar-refractivity contribution in [3.05, 3.63) is 41.7 Å². The van der Waals surface area contributed by atoms with Crippen molar-refractivity contribution in [3.63, 3.8) is 0 Å². The van der Waals surface area contributed by atoms with Gasteiger partial charge in [-0.05, 0) is 36.6 Å². The Balaban J connectivity index is 1.39. The van der Waals surface area contributed by atoms with Crippen molar-refractivity contribution in [2.45, 2.75) is 25.5 Å². The van der Waals surface area contributed by atoms with Crippen LogP contribution < -0.4 is 5.32 Å². The van der Waals surface area contributed by atoms with Gasteiger partial charge in [-0.1, -0.05) is 11.3 Å². The molecule has 132 valence electrons. The van der Waals surface area contributed by atoms with Crippen LogP contribution in [0.25, 0.3) is 11.0 Å². The molecule has 0 amide bonds. The lowest BCUT2D eigenvalue weighted by atomic mass is 9.92. The smallest absolute Gasteiger partial charge is 0.113 e. The van der Waals surface area contributed by atoms with Gasteiger partial charge < -0.3 is 10.1 Å². The molecule has 1 aromatic carbocycles. The van der Waals surface area contributed by atoms with Crippen LogP contribution in [0, 0.1) is 5.92 Å². The van der Waals surface area contributed by atoms with E-state index in [1.54, 1.807) is 4.68 Å². The molecule has 0 bridgehead atoms. The Bertz CT molecular complexity index is 854. The monoisotopic (exact) mass is 340 g/mol. The summed E-state index contributed by atoms with van der Waals surface area (Å²) < 4.78 is 9.77. The van der Waals surface area contributed by atoms with Crippen LogP contribution in [0.4, 0.5) is 0 Å². The van der Waals surface area contributed by atoms with E-state index in [2.05, 4.69) is 45.0 Å². The summed E-state index contributed by atoms with van der Waals surface area (Å²) in [7, 11) is 3.89. The summed E-state index contributed by atoms with van der Waals surface area (Å²) in [5.41, 5.74) is 4.38. The van der Waals surface area contributed by atoms with Crippen molar-refractivity contribution in [1.82, 2.24) is 30.1 Å². The van der Waals surface area contributed by atoms with Gasteiger partial charge in [-0.25, -0.2) is 4.68 Å². The first-order chi connectivity index (χ1) is 12.2. The standard InChI is InChI=1S/C18H24N6O/c1-23-17(7-8-20-23)18-14(4-3-9-25-18)12-19-11-13-5-6-16-15(10-13)21-22-24(16)2/h5-8,10,14,18-19H,3-4,9,11-12H2,1-2H3/t14-,18+/m0/s1. The Labute approximate surface area is 147 Å². The van der Waals surface area contributed by atoms with Gasteiger partial charge in [-0.2, -0.15) is 5.10 Å². The molecule has 7 nitrogen and oxygen atoms in total. The van der Waals surface area contributed by atoms with E-state index in [0.717, 1.165) is 42.8 Å². The third-order valence-corrected chi connectivity index (χ3v) is 5.01. The summed E-state index contributed by atoms with van der Waals surface area (Å²) in [6, 6.07) is 8.37. The van der Waals surface area contributed by atoms with Gasteiger partial charge in [0.05, 0.1) is 11.2 Å². The lowest BCUT2D eigenvalue weighted by Gasteiger charge is -2.32. The molecule has 1 N–H and O–H groups in total. The number of aromatic nitrogens is 5. The minimum Gasteiger partial charge on any atom is -0.372 e. The van der Waals surface area contributed by atoms with Gasteiger partial charge in [-0.15, -0.1) is 5.10 Å². The van der Waals surface area contributed by atoms with Crippen molar-refractivity contribution in [2.75, 3.05) is 13.2 Å². The van der Waals surface area contributed by atoms with Crippen molar-refractivity contribution in [3.8, 4) is 0 Å². The minimum absolute atomic E-state index is 0.122. The lowest BCUT2D eigenvalue weighted by Crippen LogP contribution is -2.32. The van der Waals surface area contributed by atoms with Gasteiger partial charge in [0.25, 0.3) is 0 Å². The molecule has 1 aliphatic rings. The number of hydrogen-bond donors (Lipinski definition) is 1. The molecule has 7 heteroatoms. The molecule has 1 fully saturated rings. The first-order valence-electron chi connectivity index (χ1n) is 8.81. The van der Waals surface area contributed by atoms with Crippen LogP contribution in [0.3, 0.4) is 0 Å². The topological polar surface area (TPSA) is 69.8 Å². The molecule has 1 saturated heterocycles. The number of nitrogens with zero attached hydrogens (tertiary/aromatic N) is 5. The average molecular weight is 340 g/mol. The molecule has 0 saturated carbocycles. The highest BCUT2D eigenvalue weighted by Gasteiger charge is 2.29. The molecule has 0 unspecified atom stereocenters. The predicted octanol–water partition coefficient (Wildman–Crippen LogP) is 1.96. The number of nitrogens with one attached hydrogen (secondary N) is 1. The summed E-state index contributed by atoms with van der Waals surface area (Å²) in [5.74, 6) is 0.462. The summed E-state index contributed by atoms with van der Waals surface area (Å²) >= 11 is 0. The molecular weight excluding hydrogens is 316 g/mol. The number of benzene rings is 1. The first-order valence-corrected chi connectivity index (χ1v) is 8.81. The normalized spacial score (nSPS) is 21.0. The molecule has 3 aromatic rings. The molecule has 2 atom stereocenters. The molecule has 0 spiro atoms. The van der Waals surface area contributed by atoms with Gasteiger partial charge in [0, 0.05) is 45.9 Å². The Morgan fingerprint density at radius 1 is 1.24 bits per heavy atom. The largest absolute Gasteiger partial charge is 0.372 e. The van der Waals surface area contributed by atoms with Gasteiger partial charge in [0.1, 0.15) is 11.6 Å². The highest BCUT2D eigenvalue weighted by atomic mass is 16.5. The van der Waals surface area contributed by atoms with Gasteiger partial charge in [-0.3, -0.25) is 4.68 Å². The highest BCUT2D eigenvalue weighted by Crippen LogP contribution is 2.32. The molecule has 0 aliphatic carbocycles. The Kier molecular flexibility index (Phi) is 4.50. The Morgan fingerprint density at radius 2 is 2.16 bits per heavy atom. The van der Waals surface area contributed by atoms with Crippen LogP contribution >= 0.6 is 0 Å². The third-order valence-electron chi connectivity index (χ3n) is 5.01. The van der Waals surface area contributed by atoms with E-state index in [1.165, 1.54) is 12.0 Å². The number of aryl methyl sites for hydroxylation is 2. The fraction of sp³-hybridized carbons (Fsp3) is 0.500. The number of ether oxygens (including phenoxy) is 1. The lowest BCUT2D eigenvalue weighted by molar-refractivity contribution is -0.0323. The van der Waals surface area contributed by atoms with Crippen LogP contribution in [-0.4, -0.2) is 37.9 Å².